The van der Waals surface area contributed by atoms with Gasteiger partial charge >= 0.3 is 0 Å². The van der Waals surface area contributed by atoms with E-state index in [4.69, 9.17) is 0 Å². The van der Waals surface area contributed by atoms with Crippen molar-refractivity contribution >= 4 is 44.5 Å². The molecule has 0 fully saturated rings. The highest BCUT2D eigenvalue weighted by atomic mass is 16.1. The maximum absolute atomic E-state index is 12.5. The van der Waals surface area contributed by atoms with Crippen LogP contribution in [0.1, 0.15) is 109 Å². The Hall–Kier alpha value is -4.58. The van der Waals surface area contributed by atoms with Crippen molar-refractivity contribution in [2.75, 3.05) is 26.7 Å². The van der Waals surface area contributed by atoms with E-state index in [1.54, 1.807) is 0 Å². The van der Waals surface area contributed by atoms with E-state index in [-0.39, 0.29) is 16.7 Å². The van der Waals surface area contributed by atoms with E-state index in [2.05, 4.69) is 154 Å². The third kappa shape index (κ3) is 8.12. The van der Waals surface area contributed by atoms with Crippen LogP contribution in [-0.2, 0) is 15.6 Å². The van der Waals surface area contributed by atoms with Gasteiger partial charge in [0, 0.05) is 48.7 Å². The quantitative estimate of drug-likeness (QED) is 0.0824. The fraction of sp³-hybridized carbons (Fsp3) is 0.412. The van der Waals surface area contributed by atoms with Crippen molar-refractivity contribution in [3.05, 3.63) is 131 Å². The Kier molecular flexibility index (Phi) is 12.2. The Morgan fingerprint density at radius 2 is 1.46 bits per heavy atom. The summed E-state index contributed by atoms with van der Waals surface area (Å²) in [5, 5.41) is 8.47. The lowest BCUT2D eigenvalue weighted by molar-refractivity contribution is -0.764. The van der Waals surface area contributed by atoms with Gasteiger partial charge in [0.15, 0.2) is 5.71 Å². The Balaban J connectivity index is 1.09. The van der Waals surface area contributed by atoms with Crippen LogP contribution in [0.4, 0.5) is 11.4 Å². The molecule has 7 rings (SSSR count). The Bertz CT molecular complexity index is 2250. The van der Waals surface area contributed by atoms with Crippen molar-refractivity contribution in [1.29, 1.82) is 0 Å². The van der Waals surface area contributed by atoms with Gasteiger partial charge in [0.2, 0.25) is 11.6 Å². The zero-order chi connectivity index (χ0) is 39.3. The highest BCUT2D eigenvalue weighted by Gasteiger charge is 2.46. The topological polar surface area (TPSA) is 64.2 Å². The number of quaternary nitrogens is 2. The number of carbonyl (C=O) groups is 1. The van der Waals surface area contributed by atoms with Crippen molar-refractivity contribution in [1.82, 2.24) is 5.32 Å². The van der Waals surface area contributed by atoms with Gasteiger partial charge in [0.1, 0.15) is 17.9 Å². The third-order valence-corrected chi connectivity index (χ3v) is 12.8. The summed E-state index contributed by atoms with van der Waals surface area (Å²) >= 11 is 0. The predicted molar refractivity (Wildman–Crippen MR) is 235 cm³/mol. The molecule has 0 saturated carbocycles. The molecule has 4 aromatic carbocycles. The van der Waals surface area contributed by atoms with Crippen LogP contribution in [0.2, 0.25) is 0 Å². The first-order valence-electron chi connectivity index (χ1n) is 21.5. The molecule has 2 aliphatic heterocycles. The molecule has 56 heavy (non-hydrogen) atoms. The summed E-state index contributed by atoms with van der Waals surface area (Å²) in [5.41, 5.74) is 14.9. The largest absolute Gasteiger partial charge is 0.358 e. The fourth-order valence-electron chi connectivity index (χ4n) is 9.84. The van der Waals surface area contributed by atoms with E-state index in [0.29, 0.717) is 6.42 Å². The number of hydrogen-bond acceptors (Lipinski definition) is 1. The van der Waals surface area contributed by atoms with Crippen LogP contribution >= 0.6 is 0 Å². The number of unbranched alkanes of at least 4 members (excludes halogenated alkanes) is 5. The lowest BCUT2D eigenvalue weighted by Crippen LogP contribution is -3.01. The molecular formula is C51H65N4O+3. The van der Waals surface area contributed by atoms with Crippen LogP contribution in [-0.4, -0.2) is 42.9 Å². The maximum Gasteiger partial charge on any atom is 0.219 e. The van der Waals surface area contributed by atoms with Gasteiger partial charge in [0.05, 0.1) is 24.4 Å². The lowest BCUT2D eigenvalue weighted by atomic mass is 9.79. The van der Waals surface area contributed by atoms with E-state index in [1.165, 1.54) is 97.2 Å². The molecule has 0 radical (unpaired) electrons. The van der Waals surface area contributed by atoms with Crippen molar-refractivity contribution in [2.45, 2.75) is 109 Å². The van der Waals surface area contributed by atoms with E-state index < -0.39 is 0 Å². The second kappa shape index (κ2) is 17.3. The van der Waals surface area contributed by atoms with Gasteiger partial charge < -0.3 is 11.1 Å². The van der Waals surface area contributed by atoms with Crippen LogP contribution < -0.4 is 16.0 Å². The first kappa shape index (κ1) is 39.6. The van der Waals surface area contributed by atoms with E-state index in [0.717, 1.165) is 58.2 Å². The second-order valence-corrected chi connectivity index (χ2v) is 17.5. The summed E-state index contributed by atoms with van der Waals surface area (Å²) in [6.07, 6.45) is 23.7. The number of hydrogen-bond donors (Lipinski definition) is 3. The summed E-state index contributed by atoms with van der Waals surface area (Å²) in [7, 11) is 2.30. The highest BCUT2D eigenvalue weighted by Crippen LogP contribution is 2.45. The van der Waals surface area contributed by atoms with Gasteiger partial charge in [-0.1, -0.05) is 73.2 Å². The normalized spacial score (nSPS) is 20.0. The van der Waals surface area contributed by atoms with E-state index >= 15 is 0 Å². The first-order valence-corrected chi connectivity index (χ1v) is 21.5. The van der Waals surface area contributed by atoms with Crippen molar-refractivity contribution < 1.29 is 20.0 Å². The zero-order valence-electron chi connectivity index (χ0n) is 34.8. The smallest absolute Gasteiger partial charge is 0.219 e. The van der Waals surface area contributed by atoms with Crippen LogP contribution in [0.15, 0.2) is 120 Å². The monoisotopic (exact) mass is 750 g/mol. The molecule has 1 atom stereocenters. The number of amides is 1. The molecule has 1 unspecified atom stereocenters. The summed E-state index contributed by atoms with van der Waals surface area (Å²) in [6, 6.07) is 26.9. The SMILES string of the molecule is C[NH+]1/C(=C\C=C2C=C(/C=C/C3=[N+](CCCCCC(=O)NCCCCCC[NH3+])c4ccc5ccccc5c4C3(C)C)CCC\2)C(C)(C)c2c1ccc1ccccc21. The Labute approximate surface area is 335 Å². The minimum Gasteiger partial charge on any atom is -0.358 e. The summed E-state index contributed by atoms with van der Waals surface area (Å²) in [5.74, 6) is 0.195. The molecule has 0 aromatic heterocycles. The van der Waals surface area contributed by atoms with Gasteiger partial charge in [0.25, 0.3) is 0 Å². The average Bonchev–Trinajstić information content (AvgIpc) is 3.54. The minimum absolute atomic E-state index is 0.0514. The van der Waals surface area contributed by atoms with Gasteiger partial charge in [-0.3, -0.25) is 9.69 Å². The predicted octanol–water partition coefficient (Wildman–Crippen LogP) is 9.46. The molecule has 4 aromatic rings. The van der Waals surface area contributed by atoms with Gasteiger partial charge in [-0.05, 0) is 130 Å². The molecule has 5 N–H and O–H groups in total. The number of benzene rings is 4. The summed E-state index contributed by atoms with van der Waals surface area (Å²) in [6.45, 7) is 12.3. The van der Waals surface area contributed by atoms with Crippen LogP contribution in [0.5, 0.6) is 0 Å². The molecule has 1 aliphatic carbocycles. The van der Waals surface area contributed by atoms with Crippen LogP contribution in [0.3, 0.4) is 0 Å². The van der Waals surface area contributed by atoms with Gasteiger partial charge in [-0.2, -0.15) is 4.58 Å². The van der Waals surface area contributed by atoms with Gasteiger partial charge in [-0.15, -0.1) is 0 Å². The Morgan fingerprint density at radius 1 is 0.768 bits per heavy atom. The standard InChI is InChI=1S/C51H62N4O/c1-50(2)45(54(5)43-29-27-39-20-10-12-22-41(39)48(43)50)31-25-37-18-17-19-38(36-37)26-32-46-51(3,4)49-42-23-13-11-21-40(42)28-30-44(49)55(46)35-16-8-9-24-47(56)53-34-15-7-6-14-33-52/h10-13,20-23,25-32,36H,6-9,14-19,24,33-35,52H2,1-5H3/p+3. The van der Waals surface area contributed by atoms with E-state index in [9.17, 15) is 4.79 Å². The number of rotatable bonds is 15. The van der Waals surface area contributed by atoms with Crippen molar-refractivity contribution in [3.8, 4) is 0 Å². The summed E-state index contributed by atoms with van der Waals surface area (Å²) < 4.78 is 2.58. The van der Waals surface area contributed by atoms with Crippen molar-refractivity contribution in [2.24, 2.45) is 0 Å². The highest BCUT2D eigenvalue weighted by molar-refractivity contribution is 6.07. The molecule has 1 amide bonds. The zero-order valence-corrected chi connectivity index (χ0v) is 34.8. The lowest BCUT2D eigenvalue weighted by Gasteiger charge is -2.20. The molecule has 5 nitrogen and oxygen atoms in total. The summed E-state index contributed by atoms with van der Waals surface area (Å²) in [4.78, 5) is 13.9. The fourth-order valence-corrected chi connectivity index (χ4v) is 9.84. The first-order chi connectivity index (χ1) is 27.1. The van der Waals surface area contributed by atoms with Crippen molar-refractivity contribution in [3.63, 3.8) is 0 Å². The number of fused-ring (bicyclic) bond motifs is 6. The number of nitrogens with zero attached hydrogens (tertiary/aromatic N) is 1. The van der Waals surface area contributed by atoms with Crippen LogP contribution in [0, 0.1) is 0 Å². The molecule has 292 valence electrons. The molecule has 0 bridgehead atoms. The van der Waals surface area contributed by atoms with E-state index in [1.807, 2.05) is 0 Å². The molecule has 2 heterocycles. The molecule has 5 heteroatoms. The second-order valence-electron chi connectivity index (χ2n) is 17.5. The molecule has 0 spiro atoms. The Morgan fingerprint density at radius 3 is 2.23 bits per heavy atom. The van der Waals surface area contributed by atoms with Gasteiger partial charge in [-0.25, -0.2) is 0 Å². The minimum atomic E-state index is -0.140. The molecule has 3 aliphatic rings. The maximum atomic E-state index is 12.5. The number of allylic oxidation sites excluding steroid dienone is 8. The molecule has 0 saturated heterocycles. The number of likely N-dealkylation sites (N-methyl/N-ethyl adjacent to an activating group) is 1. The van der Waals surface area contributed by atoms with Crippen LogP contribution in [0.25, 0.3) is 21.5 Å². The third-order valence-electron chi connectivity index (χ3n) is 12.8. The number of nitrogens with one attached hydrogen (secondary N) is 2. The average molecular weight is 750 g/mol. The number of carbonyl (C=O) groups excluding carboxylic acids is 1. The molecular weight excluding hydrogens is 685 g/mol.